The third-order valence-electron chi connectivity index (χ3n) is 6.48. The van der Waals surface area contributed by atoms with Crippen LogP contribution >= 0.6 is 0 Å². The first-order chi connectivity index (χ1) is 15.9. The molecule has 170 valence electrons. The second-order valence-corrected chi connectivity index (χ2v) is 8.51. The van der Waals surface area contributed by atoms with Crippen molar-refractivity contribution in [2.75, 3.05) is 7.11 Å². The van der Waals surface area contributed by atoms with Crippen molar-refractivity contribution in [3.05, 3.63) is 76.9 Å². The van der Waals surface area contributed by atoms with Crippen molar-refractivity contribution in [1.82, 2.24) is 19.7 Å². The zero-order valence-electron chi connectivity index (χ0n) is 18.5. The molecule has 0 bridgehead atoms. The smallest absolute Gasteiger partial charge is 0.250 e. The molecule has 8 heteroatoms. The van der Waals surface area contributed by atoms with Gasteiger partial charge in [-0.15, -0.1) is 0 Å². The summed E-state index contributed by atoms with van der Waals surface area (Å²) in [4.78, 5) is 19.4. The molecule has 5 rings (SSSR count). The number of hydrogen-bond donors (Lipinski definition) is 0. The molecule has 2 atom stereocenters. The lowest BCUT2D eigenvalue weighted by molar-refractivity contribution is -0.131. The highest BCUT2D eigenvalue weighted by Gasteiger charge is 2.41. The zero-order chi connectivity index (χ0) is 23.1. The number of carbonyl (C=O) groups excluding carboxylic acids is 1. The Hall–Kier alpha value is -3.55. The van der Waals surface area contributed by atoms with Crippen LogP contribution in [0.5, 0.6) is 5.75 Å². The van der Waals surface area contributed by atoms with Gasteiger partial charge >= 0.3 is 0 Å². The topological polar surface area (TPSA) is 60.2 Å². The van der Waals surface area contributed by atoms with Gasteiger partial charge in [0, 0.05) is 11.6 Å². The molecule has 2 aromatic carbocycles. The lowest BCUT2D eigenvalue weighted by Gasteiger charge is -2.35. The lowest BCUT2D eigenvalue weighted by atomic mass is 9.95. The molecule has 2 fully saturated rings. The minimum atomic E-state index is -0.883. The quantitative estimate of drug-likeness (QED) is 0.537. The van der Waals surface area contributed by atoms with Gasteiger partial charge in [0.25, 0.3) is 5.91 Å². The van der Waals surface area contributed by atoms with E-state index in [1.54, 1.807) is 24.2 Å². The summed E-state index contributed by atoms with van der Waals surface area (Å²) in [5, 5.41) is 4.33. The maximum Gasteiger partial charge on any atom is 0.250 e. The van der Waals surface area contributed by atoms with E-state index in [-0.39, 0.29) is 18.0 Å². The number of methoxy groups -OCH3 is 1. The maximum absolute atomic E-state index is 13.8. The molecule has 0 aliphatic carbocycles. The molecule has 3 heterocycles. The summed E-state index contributed by atoms with van der Waals surface area (Å²) in [6.45, 7) is 1.82. The fourth-order valence-electron chi connectivity index (χ4n) is 4.89. The average molecular weight is 450 g/mol. The number of amides is 1. The number of halogens is 2. The molecule has 33 heavy (non-hydrogen) atoms. The Labute approximate surface area is 190 Å². The van der Waals surface area contributed by atoms with Crippen LogP contribution in [0, 0.1) is 18.6 Å². The van der Waals surface area contributed by atoms with Gasteiger partial charge in [-0.05, 0) is 74.1 Å². The Balaban J connectivity index is 1.43. The standard InChI is InChI=1S/C25H24F2N4O2/c1-15-28-14-30(29-15)23-9-3-16(12-24(23)33-2)11-18-4-6-19-7-10-22(31(19)25(18)32)17-5-8-20(26)21(27)13-17/h3,5,8-9,11-14,19,22H,4,6-7,10H2,1-2H3/t19-,22-/m0/s1. The van der Waals surface area contributed by atoms with Crippen LogP contribution in [0.1, 0.15) is 48.7 Å². The highest BCUT2D eigenvalue weighted by molar-refractivity contribution is 5.99. The van der Waals surface area contributed by atoms with E-state index in [1.807, 2.05) is 36.1 Å². The number of nitrogens with zero attached hydrogens (tertiary/aromatic N) is 4. The SMILES string of the molecule is COc1cc(C=C2CC[C@H]3CC[C@@H](c4ccc(F)c(F)c4)N3C2=O)ccc1-n1cnc(C)n1. The summed E-state index contributed by atoms with van der Waals surface area (Å²) in [5.74, 6) is -0.528. The summed E-state index contributed by atoms with van der Waals surface area (Å²) < 4.78 is 34.5. The molecule has 0 N–H and O–H groups in total. The van der Waals surface area contributed by atoms with E-state index in [2.05, 4.69) is 10.1 Å². The number of benzene rings is 2. The van der Waals surface area contributed by atoms with E-state index in [0.29, 0.717) is 29.1 Å². The van der Waals surface area contributed by atoms with E-state index in [0.717, 1.165) is 36.6 Å². The molecule has 2 aliphatic rings. The lowest BCUT2D eigenvalue weighted by Crippen LogP contribution is -2.41. The number of fused-ring (bicyclic) bond motifs is 1. The summed E-state index contributed by atoms with van der Waals surface area (Å²) in [6, 6.07) is 9.47. The van der Waals surface area contributed by atoms with Crippen LogP contribution in [0.4, 0.5) is 8.78 Å². The summed E-state index contributed by atoms with van der Waals surface area (Å²) in [7, 11) is 1.59. The number of hydrogen-bond acceptors (Lipinski definition) is 4. The van der Waals surface area contributed by atoms with Crippen molar-refractivity contribution >= 4 is 12.0 Å². The molecule has 0 saturated carbocycles. The van der Waals surface area contributed by atoms with Gasteiger partial charge in [-0.3, -0.25) is 4.79 Å². The van der Waals surface area contributed by atoms with E-state index in [9.17, 15) is 13.6 Å². The third-order valence-corrected chi connectivity index (χ3v) is 6.48. The van der Waals surface area contributed by atoms with Gasteiger partial charge in [0.1, 0.15) is 23.6 Å². The summed E-state index contributed by atoms with van der Waals surface area (Å²) in [6.07, 6.45) is 6.65. The molecule has 2 saturated heterocycles. The molecular weight excluding hydrogens is 426 g/mol. The molecule has 1 aromatic heterocycles. The number of aryl methyl sites for hydroxylation is 1. The molecular formula is C25H24F2N4O2. The Kier molecular flexibility index (Phi) is 5.44. The number of carbonyl (C=O) groups is 1. The Morgan fingerprint density at radius 3 is 2.67 bits per heavy atom. The minimum Gasteiger partial charge on any atom is -0.494 e. The summed E-state index contributed by atoms with van der Waals surface area (Å²) >= 11 is 0. The number of ether oxygens (including phenoxy) is 1. The Bertz CT molecular complexity index is 1250. The summed E-state index contributed by atoms with van der Waals surface area (Å²) in [5.41, 5.74) is 2.94. The van der Waals surface area contributed by atoms with E-state index >= 15 is 0 Å². The third kappa shape index (κ3) is 3.90. The highest BCUT2D eigenvalue weighted by Crippen LogP contribution is 2.43. The predicted molar refractivity (Wildman–Crippen MR) is 119 cm³/mol. The van der Waals surface area contributed by atoms with Crippen LogP contribution in [0.25, 0.3) is 11.8 Å². The molecule has 0 spiro atoms. The maximum atomic E-state index is 13.8. The molecule has 3 aromatic rings. The van der Waals surface area contributed by atoms with Gasteiger partial charge in [-0.1, -0.05) is 12.1 Å². The molecule has 1 amide bonds. The number of piperidine rings is 1. The van der Waals surface area contributed by atoms with Crippen molar-refractivity contribution < 1.29 is 18.3 Å². The van der Waals surface area contributed by atoms with Gasteiger partial charge in [-0.25, -0.2) is 18.4 Å². The first-order valence-corrected chi connectivity index (χ1v) is 11.0. The van der Waals surface area contributed by atoms with Crippen LogP contribution in [0.15, 0.2) is 48.3 Å². The van der Waals surface area contributed by atoms with Crippen LogP contribution < -0.4 is 4.74 Å². The van der Waals surface area contributed by atoms with Gasteiger partial charge in [0.2, 0.25) is 0 Å². The van der Waals surface area contributed by atoms with Crippen LogP contribution in [-0.2, 0) is 4.79 Å². The van der Waals surface area contributed by atoms with E-state index < -0.39 is 11.6 Å². The molecule has 0 radical (unpaired) electrons. The van der Waals surface area contributed by atoms with Crippen LogP contribution in [0.2, 0.25) is 0 Å². The average Bonchev–Trinajstić information content (AvgIpc) is 3.44. The second kappa shape index (κ2) is 8.42. The molecule has 0 unspecified atom stereocenters. The Morgan fingerprint density at radius 1 is 1.09 bits per heavy atom. The van der Waals surface area contributed by atoms with E-state index in [1.165, 1.54) is 6.07 Å². The van der Waals surface area contributed by atoms with Gasteiger partial charge in [-0.2, -0.15) is 5.10 Å². The van der Waals surface area contributed by atoms with Gasteiger partial charge in [0.15, 0.2) is 11.6 Å². The second-order valence-electron chi connectivity index (χ2n) is 8.51. The van der Waals surface area contributed by atoms with Crippen molar-refractivity contribution in [2.45, 2.75) is 44.7 Å². The van der Waals surface area contributed by atoms with E-state index in [4.69, 9.17) is 4.74 Å². The predicted octanol–water partition coefficient (Wildman–Crippen LogP) is 4.77. The van der Waals surface area contributed by atoms with Gasteiger partial charge < -0.3 is 9.64 Å². The van der Waals surface area contributed by atoms with Crippen molar-refractivity contribution in [1.29, 1.82) is 0 Å². The highest BCUT2D eigenvalue weighted by atomic mass is 19.2. The minimum absolute atomic E-state index is 0.0478. The monoisotopic (exact) mass is 450 g/mol. The first-order valence-electron chi connectivity index (χ1n) is 11.0. The van der Waals surface area contributed by atoms with Gasteiger partial charge in [0.05, 0.1) is 13.2 Å². The molecule has 2 aliphatic heterocycles. The largest absolute Gasteiger partial charge is 0.494 e. The fourth-order valence-corrected chi connectivity index (χ4v) is 4.89. The normalized spacial score (nSPS) is 21.5. The fraction of sp³-hybridized carbons (Fsp3) is 0.320. The molecule has 6 nitrogen and oxygen atoms in total. The van der Waals surface area contributed by atoms with Crippen molar-refractivity contribution in [3.8, 4) is 11.4 Å². The van der Waals surface area contributed by atoms with Crippen LogP contribution in [-0.4, -0.2) is 38.7 Å². The number of rotatable bonds is 4. The van der Waals surface area contributed by atoms with Crippen LogP contribution in [0.3, 0.4) is 0 Å². The number of aromatic nitrogens is 3. The van der Waals surface area contributed by atoms with Crippen molar-refractivity contribution in [2.24, 2.45) is 0 Å². The van der Waals surface area contributed by atoms with Crippen molar-refractivity contribution in [3.63, 3.8) is 0 Å². The first kappa shape index (κ1) is 21.3. The Morgan fingerprint density at radius 2 is 1.94 bits per heavy atom. The zero-order valence-corrected chi connectivity index (χ0v) is 18.5.